The van der Waals surface area contributed by atoms with Gasteiger partial charge in [0.15, 0.2) is 11.5 Å². The van der Waals surface area contributed by atoms with Crippen LogP contribution in [0.25, 0.3) is 0 Å². The second-order valence-corrected chi connectivity index (χ2v) is 4.50. The highest BCUT2D eigenvalue weighted by Crippen LogP contribution is 2.34. The Bertz CT molecular complexity index is 660. The Labute approximate surface area is 120 Å². The van der Waals surface area contributed by atoms with Crippen LogP contribution in [0.1, 0.15) is 28.0 Å². The SMILES string of the molecule is COC(=O)c1ccc(C(O)c2ccc3c(c2)OCCO3)o1. The van der Waals surface area contributed by atoms with Crippen LogP contribution < -0.4 is 9.47 Å². The zero-order valence-electron chi connectivity index (χ0n) is 11.4. The number of carbonyl (C=O) groups is 1. The molecule has 2 heterocycles. The molecule has 0 saturated heterocycles. The van der Waals surface area contributed by atoms with E-state index in [1.165, 1.54) is 19.2 Å². The average Bonchev–Trinajstić information content (AvgIpc) is 3.03. The molecule has 3 rings (SSSR count). The number of aliphatic hydroxyl groups excluding tert-OH is 1. The first-order chi connectivity index (χ1) is 10.2. The van der Waals surface area contributed by atoms with Gasteiger partial charge in [0.25, 0.3) is 0 Å². The van der Waals surface area contributed by atoms with Crippen LogP contribution in [0.3, 0.4) is 0 Å². The second-order valence-electron chi connectivity index (χ2n) is 4.50. The number of esters is 1. The van der Waals surface area contributed by atoms with Crippen molar-refractivity contribution in [3.8, 4) is 11.5 Å². The summed E-state index contributed by atoms with van der Waals surface area (Å²) < 4.78 is 20.8. The lowest BCUT2D eigenvalue weighted by Gasteiger charge is -2.19. The molecule has 1 unspecified atom stereocenters. The quantitative estimate of drug-likeness (QED) is 0.870. The summed E-state index contributed by atoms with van der Waals surface area (Å²) in [6.45, 7) is 0.982. The summed E-state index contributed by atoms with van der Waals surface area (Å²) in [5.41, 5.74) is 0.588. The highest BCUT2D eigenvalue weighted by Gasteiger charge is 2.20. The Balaban J connectivity index is 1.86. The molecule has 0 fully saturated rings. The predicted octanol–water partition coefficient (Wildman–Crippen LogP) is 1.92. The number of hydrogen-bond acceptors (Lipinski definition) is 6. The molecular formula is C15H14O6. The summed E-state index contributed by atoms with van der Waals surface area (Å²) >= 11 is 0. The van der Waals surface area contributed by atoms with Crippen LogP contribution in [-0.4, -0.2) is 31.4 Å². The number of benzene rings is 1. The number of furan rings is 1. The smallest absolute Gasteiger partial charge is 0.373 e. The third-order valence-corrected chi connectivity index (χ3v) is 3.16. The van der Waals surface area contributed by atoms with Crippen molar-refractivity contribution in [2.75, 3.05) is 20.3 Å². The third-order valence-electron chi connectivity index (χ3n) is 3.16. The monoisotopic (exact) mass is 290 g/mol. The Morgan fingerprint density at radius 2 is 1.95 bits per heavy atom. The molecule has 0 bridgehead atoms. The molecule has 6 nitrogen and oxygen atoms in total. The van der Waals surface area contributed by atoms with Crippen LogP contribution in [0, 0.1) is 0 Å². The normalized spacial score (nSPS) is 14.6. The summed E-state index contributed by atoms with van der Waals surface area (Å²) in [6, 6.07) is 8.14. The lowest BCUT2D eigenvalue weighted by molar-refractivity contribution is 0.0558. The minimum atomic E-state index is -1.00. The van der Waals surface area contributed by atoms with Crippen molar-refractivity contribution in [1.82, 2.24) is 0 Å². The minimum absolute atomic E-state index is 0.0455. The van der Waals surface area contributed by atoms with Gasteiger partial charge in [-0.15, -0.1) is 0 Å². The van der Waals surface area contributed by atoms with Crippen molar-refractivity contribution in [1.29, 1.82) is 0 Å². The molecule has 1 atom stereocenters. The third kappa shape index (κ3) is 2.57. The van der Waals surface area contributed by atoms with Crippen LogP contribution in [-0.2, 0) is 4.74 Å². The largest absolute Gasteiger partial charge is 0.486 e. The number of hydrogen-bond donors (Lipinski definition) is 1. The molecule has 6 heteroatoms. The maximum Gasteiger partial charge on any atom is 0.373 e. The number of rotatable bonds is 3. The van der Waals surface area contributed by atoms with E-state index in [1.807, 2.05) is 0 Å². The van der Waals surface area contributed by atoms with E-state index in [0.29, 0.717) is 30.3 Å². The predicted molar refractivity (Wildman–Crippen MR) is 71.5 cm³/mol. The number of aliphatic hydroxyl groups is 1. The number of carbonyl (C=O) groups excluding carboxylic acids is 1. The highest BCUT2D eigenvalue weighted by atomic mass is 16.6. The molecular weight excluding hydrogens is 276 g/mol. The molecule has 1 aromatic heterocycles. The van der Waals surface area contributed by atoms with E-state index in [2.05, 4.69) is 4.74 Å². The molecule has 21 heavy (non-hydrogen) atoms. The van der Waals surface area contributed by atoms with E-state index in [9.17, 15) is 9.90 Å². The Morgan fingerprint density at radius 3 is 2.71 bits per heavy atom. The molecule has 1 aromatic carbocycles. The molecule has 1 aliphatic rings. The number of fused-ring (bicyclic) bond motifs is 1. The molecule has 2 aromatic rings. The summed E-state index contributed by atoms with van der Waals surface area (Å²) in [7, 11) is 1.27. The van der Waals surface area contributed by atoms with Gasteiger partial charge in [0, 0.05) is 0 Å². The van der Waals surface area contributed by atoms with Gasteiger partial charge < -0.3 is 23.7 Å². The van der Waals surface area contributed by atoms with E-state index in [-0.39, 0.29) is 11.5 Å². The van der Waals surface area contributed by atoms with Gasteiger partial charge in [0.05, 0.1) is 7.11 Å². The number of ether oxygens (including phenoxy) is 3. The van der Waals surface area contributed by atoms with Gasteiger partial charge in [0.1, 0.15) is 25.1 Å². The maximum atomic E-state index is 11.3. The molecule has 0 spiro atoms. The topological polar surface area (TPSA) is 78.1 Å². The van der Waals surface area contributed by atoms with Gasteiger partial charge in [-0.1, -0.05) is 6.07 Å². The molecule has 0 saturated carbocycles. The maximum absolute atomic E-state index is 11.3. The summed E-state index contributed by atoms with van der Waals surface area (Å²) in [6.07, 6.45) is -1.00. The van der Waals surface area contributed by atoms with Crippen molar-refractivity contribution < 1.29 is 28.5 Å². The van der Waals surface area contributed by atoms with Gasteiger partial charge in [-0.2, -0.15) is 0 Å². The van der Waals surface area contributed by atoms with Crippen LogP contribution in [0.15, 0.2) is 34.7 Å². The molecule has 1 N–H and O–H groups in total. The van der Waals surface area contributed by atoms with E-state index >= 15 is 0 Å². The van der Waals surface area contributed by atoms with Crippen molar-refractivity contribution in [3.05, 3.63) is 47.4 Å². The lowest BCUT2D eigenvalue weighted by atomic mass is 10.1. The van der Waals surface area contributed by atoms with E-state index in [0.717, 1.165) is 0 Å². The van der Waals surface area contributed by atoms with E-state index in [4.69, 9.17) is 13.9 Å². The number of methoxy groups -OCH3 is 1. The minimum Gasteiger partial charge on any atom is -0.486 e. The Hall–Kier alpha value is -2.47. The van der Waals surface area contributed by atoms with Crippen molar-refractivity contribution in [3.63, 3.8) is 0 Å². The fourth-order valence-corrected chi connectivity index (χ4v) is 2.10. The average molecular weight is 290 g/mol. The van der Waals surface area contributed by atoms with Gasteiger partial charge >= 0.3 is 5.97 Å². The van der Waals surface area contributed by atoms with Gasteiger partial charge in [-0.3, -0.25) is 0 Å². The van der Waals surface area contributed by atoms with Gasteiger partial charge in [-0.25, -0.2) is 4.79 Å². The van der Waals surface area contributed by atoms with Gasteiger partial charge in [0.2, 0.25) is 5.76 Å². The molecule has 0 radical (unpaired) electrons. The molecule has 1 aliphatic heterocycles. The van der Waals surface area contributed by atoms with E-state index in [1.54, 1.807) is 18.2 Å². The lowest BCUT2D eigenvalue weighted by Crippen LogP contribution is -2.15. The first-order valence-electron chi connectivity index (χ1n) is 6.44. The second kappa shape index (κ2) is 5.49. The van der Waals surface area contributed by atoms with Crippen LogP contribution in [0.5, 0.6) is 11.5 Å². The van der Waals surface area contributed by atoms with Crippen molar-refractivity contribution >= 4 is 5.97 Å². The van der Waals surface area contributed by atoms with Crippen LogP contribution in [0.4, 0.5) is 0 Å². The molecule has 0 amide bonds. The fraction of sp³-hybridized carbons (Fsp3) is 0.267. The zero-order valence-corrected chi connectivity index (χ0v) is 11.4. The molecule has 0 aliphatic carbocycles. The molecule has 110 valence electrons. The summed E-state index contributed by atoms with van der Waals surface area (Å²) in [5, 5.41) is 10.3. The van der Waals surface area contributed by atoms with Crippen LogP contribution >= 0.6 is 0 Å². The van der Waals surface area contributed by atoms with Crippen molar-refractivity contribution in [2.24, 2.45) is 0 Å². The first kappa shape index (κ1) is 13.5. The van der Waals surface area contributed by atoms with E-state index < -0.39 is 12.1 Å². The van der Waals surface area contributed by atoms with Gasteiger partial charge in [-0.05, 0) is 29.8 Å². The Kier molecular flexibility index (Phi) is 3.53. The summed E-state index contributed by atoms with van der Waals surface area (Å²) in [4.78, 5) is 11.3. The standard InChI is InChI=1S/C15H14O6/c1-18-15(17)12-5-4-11(21-12)14(16)9-2-3-10-13(8-9)20-7-6-19-10/h2-5,8,14,16H,6-7H2,1H3. The summed E-state index contributed by atoms with van der Waals surface area (Å²) in [5.74, 6) is 0.941. The first-order valence-corrected chi connectivity index (χ1v) is 6.44. The Morgan fingerprint density at radius 1 is 1.19 bits per heavy atom. The van der Waals surface area contributed by atoms with Crippen molar-refractivity contribution in [2.45, 2.75) is 6.10 Å². The van der Waals surface area contributed by atoms with Crippen LogP contribution in [0.2, 0.25) is 0 Å². The fourth-order valence-electron chi connectivity index (χ4n) is 2.10. The zero-order chi connectivity index (χ0) is 14.8. The highest BCUT2D eigenvalue weighted by molar-refractivity contribution is 5.86.